The number of aliphatic hydroxyl groups excluding tert-OH is 1. The zero-order chi connectivity index (χ0) is 16.0. The number of aromatic nitrogens is 2. The van der Waals surface area contributed by atoms with Gasteiger partial charge in [0.05, 0.1) is 15.3 Å². The first-order valence-electron chi connectivity index (χ1n) is 8.20. The Morgan fingerprint density at radius 2 is 2.17 bits per heavy atom. The Morgan fingerprint density at radius 3 is 2.91 bits per heavy atom. The molecule has 2 aromatic heterocycles. The quantitative estimate of drug-likeness (QED) is 0.900. The first kappa shape index (κ1) is 15.4. The molecule has 1 aliphatic carbocycles. The second-order valence-corrected chi connectivity index (χ2v) is 8.25. The predicted molar refractivity (Wildman–Crippen MR) is 94.4 cm³/mol. The van der Waals surface area contributed by atoms with Crippen LogP contribution in [0, 0.1) is 5.92 Å². The van der Waals surface area contributed by atoms with Crippen molar-refractivity contribution >= 4 is 28.8 Å². The number of nitrogens with zero attached hydrogens (tertiary/aromatic N) is 3. The molecule has 0 saturated carbocycles. The highest BCUT2D eigenvalue weighted by Crippen LogP contribution is 2.35. The third kappa shape index (κ3) is 2.86. The van der Waals surface area contributed by atoms with Gasteiger partial charge in [-0.1, -0.05) is 18.5 Å². The molecule has 2 atom stereocenters. The molecule has 0 spiro atoms. The van der Waals surface area contributed by atoms with E-state index in [1.807, 2.05) is 12.1 Å². The van der Waals surface area contributed by atoms with Gasteiger partial charge in [-0.15, -0.1) is 11.3 Å². The van der Waals surface area contributed by atoms with Crippen molar-refractivity contribution in [3.05, 3.63) is 27.7 Å². The second-order valence-electron chi connectivity index (χ2n) is 6.53. The lowest BCUT2D eigenvalue weighted by Crippen LogP contribution is -2.42. The Morgan fingerprint density at radius 1 is 1.30 bits per heavy atom. The zero-order valence-electron chi connectivity index (χ0n) is 13.1. The molecule has 2 aliphatic rings. The molecule has 2 unspecified atom stereocenters. The molecule has 122 valence electrons. The van der Waals surface area contributed by atoms with Crippen LogP contribution in [0.25, 0.3) is 10.7 Å². The van der Waals surface area contributed by atoms with Crippen LogP contribution in [0.1, 0.15) is 31.0 Å². The van der Waals surface area contributed by atoms with Crippen molar-refractivity contribution < 1.29 is 5.11 Å². The fourth-order valence-corrected chi connectivity index (χ4v) is 4.52. The fourth-order valence-electron chi connectivity index (χ4n) is 3.54. The minimum absolute atomic E-state index is 0.197. The number of rotatable bonds is 2. The molecule has 0 amide bonds. The normalized spacial score (nSPS) is 24.0. The predicted octanol–water partition coefficient (Wildman–Crippen LogP) is 3.55. The third-order valence-corrected chi connectivity index (χ3v) is 6.09. The van der Waals surface area contributed by atoms with Gasteiger partial charge >= 0.3 is 0 Å². The highest BCUT2D eigenvalue weighted by molar-refractivity contribution is 7.19. The van der Waals surface area contributed by atoms with Crippen LogP contribution >= 0.6 is 22.9 Å². The summed E-state index contributed by atoms with van der Waals surface area (Å²) in [5.74, 6) is 2.14. The Hall–Kier alpha value is -1.17. The molecule has 0 aromatic carbocycles. The smallest absolute Gasteiger partial charge is 0.171 e. The largest absolute Gasteiger partial charge is 0.393 e. The maximum absolute atomic E-state index is 10.00. The highest BCUT2D eigenvalue weighted by atomic mass is 35.5. The van der Waals surface area contributed by atoms with Gasteiger partial charge in [-0.05, 0) is 43.7 Å². The van der Waals surface area contributed by atoms with Gasteiger partial charge in [0, 0.05) is 24.3 Å². The summed E-state index contributed by atoms with van der Waals surface area (Å²) in [7, 11) is 0. The molecular weight excluding hydrogens is 330 g/mol. The van der Waals surface area contributed by atoms with Gasteiger partial charge in [0.2, 0.25) is 0 Å². The lowest BCUT2D eigenvalue weighted by atomic mass is 9.96. The van der Waals surface area contributed by atoms with E-state index >= 15 is 0 Å². The number of anilines is 1. The first-order chi connectivity index (χ1) is 11.1. The van der Waals surface area contributed by atoms with Crippen LogP contribution in [-0.4, -0.2) is 34.3 Å². The summed E-state index contributed by atoms with van der Waals surface area (Å²) in [6, 6.07) is 3.90. The van der Waals surface area contributed by atoms with Crippen molar-refractivity contribution in [1.29, 1.82) is 0 Å². The number of hydrogen-bond acceptors (Lipinski definition) is 5. The minimum atomic E-state index is -0.197. The van der Waals surface area contributed by atoms with E-state index in [9.17, 15) is 5.11 Å². The van der Waals surface area contributed by atoms with Crippen molar-refractivity contribution in [2.75, 3.05) is 18.0 Å². The van der Waals surface area contributed by atoms with Crippen molar-refractivity contribution in [3.8, 4) is 10.7 Å². The molecule has 2 aromatic rings. The van der Waals surface area contributed by atoms with Crippen LogP contribution in [-0.2, 0) is 12.8 Å². The van der Waals surface area contributed by atoms with E-state index in [0.29, 0.717) is 0 Å². The second kappa shape index (κ2) is 6.04. The monoisotopic (exact) mass is 349 g/mol. The van der Waals surface area contributed by atoms with Crippen LogP contribution in [0.3, 0.4) is 0 Å². The molecule has 23 heavy (non-hydrogen) atoms. The van der Waals surface area contributed by atoms with Gasteiger partial charge in [0.1, 0.15) is 5.82 Å². The molecule has 4 rings (SSSR count). The van der Waals surface area contributed by atoms with E-state index in [-0.39, 0.29) is 12.0 Å². The molecule has 0 radical (unpaired) electrons. The van der Waals surface area contributed by atoms with E-state index in [1.54, 1.807) is 0 Å². The number of halogens is 1. The molecular formula is C17H20ClN3OS. The molecule has 1 fully saturated rings. The van der Waals surface area contributed by atoms with Crippen molar-refractivity contribution in [2.45, 2.75) is 38.7 Å². The average Bonchev–Trinajstić information content (AvgIpc) is 3.17. The lowest BCUT2D eigenvalue weighted by Gasteiger charge is -2.36. The molecule has 3 heterocycles. The maximum atomic E-state index is 10.00. The highest BCUT2D eigenvalue weighted by Gasteiger charge is 2.29. The van der Waals surface area contributed by atoms with Gasteiger partial charge in [-0.25, -0.2) is 9.97 Å². The first-order valence-corrected chi connectivity index (χ1v) is 9.40. The molecule has 0 bridgehead atoms. The van der Waals surface area contributed by atoms with Crippen LogP contribution in [0.5, 0.6) is 0 Å². The van der Waals surface area contributed by atoms with Gasteiger partial charge in [0.25, 0.3) is 0 Å². The van der Waals surface area contributed by atoms with Crippen molar-refractivity contribution in [2.24, 2.45) is 5.92 Å². The number of fused-ring (bicyclic) bond motifs is 1. The third-order valence-electron chi connectivity index (χ3n) is 4.86. The van der Waals surface area contributed by atoms with E-state index in [2.05, 4.69) is 11.8 Å². The summed E-state index contributed by atoms with van der Waals surface area (Å²) < 4.78 is 0.764. The molecule has 6 heteroatoms. The Balaban J connectivity index is 1.75. The Labute approximate surface area is 145 Å². The molecule has 1 saturated heterocycles. The van der Waals surface area contributed by atoms with E-state index in [4.69, 9.17) is 21.6 Å². The lowest BCUT2D eigenvalue weighted by molar-refractivity contribution is 0.0968. The SMILES string of the molecule is CC1CN(c2nc(-c3ccc(Cl)s3)nc3c2CCC3)CCC1O. The summed E-state index contributed by atoms with van der Waals surface area (Å²) in [6.07, 6.45) is 3.85. The van der Waals surface area contributed by atoms with Gasteiger partial charge < -0.3 is 10.0 Å². The Kier molecular flexibility index (Phi) is 4.03. The number of hydrogen-bond donors (Lipinski definition) is 1. The maximum Gasteiger partial charge on any atom is 0.171 e. The molecule has 1 aliphatic heterocycles. The fraction of sp³-hybridized carbons (Fsp3) is 0.529. The number of thiophene rings is 1. The van der Waals surface area contributed by atoms with Crippen molar-refractivity contribution in [3.63, 3.8) is 0 Å². The van der Waals surface area contributed by atoms with Crippen LogP contribution in [0.4, 0.5) is 5.82 Å². The van der Waals surface area contributed by atoms with Crippen LogP contribution < -0.4 is 4.90 Å². The average molecular weight is 350 g/mol. The summed E-state index contributed by atoms with van der Waals surface area (Å²) in [4.78, 5) is 13.0. The zero-order valence-corrected chi connectivity index (χ0v) is 14.7. The Bertz CT molecular complexity index is 733. The van der Waals surface area contributed by atoms with E-state index in [1.165, 1.54) is 22.6 Å². The van der Waals surface area contributed by atoms with E-state index in [0.717, 1.165) is 59.6 Å². The minimum Gasteiger partial charge on any atom is -0.393 e. The molecule has 4 nitrogen and oxygen atoms in total. The summed E-state index contributed by atoms with van der Waals surface area (Å²) >= 11 is 7.60. The summed E-state index contributed by atoms with van der Waals surface area (Å²) in [6.45, 7) is 3.83. The van der Waals surface area contributed by atoms with Crippen LogP contribution in [0.15, 0.2) is 12.1 Å². The summed E-state index contributed by atoms with van der Waals surface area (Å²) in [5.41, 5.74) is 2.49. The van der Waals surface area contributed by atoms with Gasteiger partial charge in [-0.3, -0.25) is 0 Å². The van der Waals surface area contributed by atoms with Gasteiger partial charge in [0.15, 0.2) is 5.82 Å². The molecule has 1 N–H and O–H groups in total. The topological polar surface area (TPSA) is 49.2 Å². The number of aliphatic hydroxyl groups is 1. The van der Waals surface area contributed by atoms with Gasteiger partial charge in [-0.2, -0.15) is 0 Å². The number of piperidine rings is 1. The number of aryl methyl sites for hydroxylation is 1. The van der Waals surface area contributed by atoms with Crippen LogP contribution in [0.2, 0.25) is 4.34 Å². The summed E-state index contributed by atoms with van der Waals surface area (Å²) in [5, 5.41) is 10.00. The van der Waals surface area contributed by atoms with E-state index < -0.39 is 0 Å². The standard InChI is InChI=1S/C17H20ClN3OS/c1-10-9-21(8-7-13(10)22)17-11-3-2-4-12(11)19-16(20-17)14-5-6-15(18)23-14/h5-6,10,13,22H,2-4,7-9H2,1H3. The van der Waals surface area contributed by atoms with Crippen molar-refractivity contribution in [1.82, 2.24) is 9.97 Å².